The van der Waals surface area contributed by atoms with Gasteiger partial charge in [0.1, 0.15) is 12.4 Å². The Balaban J connectivity index is 1.32. The van der Waals surface area contributed by atoms with Gasteiger partial charge in [0.25, 0.3) is 0 Å². The van der Waals surface area contributed by atoms with Crippen molar-refractivity contribution in [2.24, 2.45) is 0 Å². The fourth-order valence-electron chi connectivity index (χ4n) is 6.63. The number of halogens is 2. The van der Waals surface area contributed by atoms with Gasteiger partial charge in [-0.3, -0.25) is 0 Å². The van der Waals surface area contributed by atoms with Crippen molar-refractivity contribution in [3.63, 3.8) is 0 Å². The number of carbonyl (C=O) groups is 1. The van der Waals surface area contributed by atoms with E-state index in [2.05, 4.69) is 11.8 Å². The van der Waals surface area contributed by atoms with Crippen LogP contribution < -0.4 is 0 Å². The minimum Gasteiger partial charge on any atom is -0.448 e. The molecular formula is C30H39ClFN3O4S. The van der Waals surface area contributed by atoms with Crippen LogP contribution in [0, 0.1) is 5.82 Å². The smallest absolute Gasteiger partial charge is 0.410 e. The quantitative estimate of drug-likeness (QED) is 0.398. The highest BCUT2D eigenvalue weighted by molar-refractivity contribution is 7.89. The van der Waals surface area contributed by atoms with Gasteiger partial charge in [0.15, 0.2) is 0 Å². The second kappa shape index (κ2) is 12.8. The van der Waals surface area contributed by atoms with Crippen LogP contribution in [0.4, 0.5) is 9.18 Å². The maximum atomic E-state index is 14.9. The van der Waals surface area contributed by atoms with Crippen molar-refractivity contribution in [3.05, 3.63) is 64.9 Å². The molecule has 2 unspecified atom stereocenters. The number of carbonyl (C=O) groups excluding carboxylic acids is 1. The standard InChI is InChI=1S/C30H39ClFN3O4S/c1-22-20-24(33-17-5-2-6-18-33)16-19-34(22)30(36)39-21-25-8-7-11-29(27-9-3-4-10-28(27)32)35(25)40(37,38)26-14-12-23(31)13-15-26/h3-4,9-10,12-15,22,24-25,29H,2,5-8,11,16-21H2,1H3/t22?,24?,25-,29+/m1/s1. The van der Waals surface area contributed by atoms with Crippen LogP contribution in [0.1, 0.15) is 69.9 Å². The summed E-state index contributed by atoms with van der Waals surface area (Å²) in [6, 6.07) is 11.5. The molecule has 3 saturated heterocycles. The summed E-state index contributed by atoms with van der Waals surface area (Å²) in [5, 5.41) is 0.423. The third kappa shape index (κ3) is 6.32. The lowest BCUT2D eigenvalue weighted by Gasteiger charge is -2.43. The third-order valence-electron chi connectivity index (χ3n) is 8.72. The summed E-state index contributed by atoms with van der Waals surface area (Å²) >= 11 is 6.02. The molecule has 5 rings (SSSR count). The predicted molar refractivity (Wildman–Crippen MR) is 153 cm³/mol. The molecular weight excluding hydrogens is 553 g/mol. The SMILES string of the molecule is CC1CC(N2CCCCC2)CCN1C(=O)OC[C@H]1CCC[C@@H](c2ccccc2F)N1S(=O)(=O)c1ccc(Cl)cc1. The van der Waals surface area contributed by atoms with Crippen LogP contribution in [0.15, 0.2) is 53.4 Å². The molecule has 0 spiro atoms. The molecule has 10 heteroatoms. The molecule has 0 bridgehead atoms. The second-order valence-corrected chi connectivity index (χ2v) is 13.6. The third-order valence-corrected chi connectivity index (χ3v) is 11.0. The molecule has 3 aliphatic heterocycles. The Labute approximate surface area is 242 Å². The minimum atomic E-state index is -4.05. The zero-order valence-corrected chi connectivity index (χ0v) is 24.6. The van der Waals surface area contributed by atoms with Gasteiger partial charge in [-0.05, 0) is 95.3 Å². The highest BCUT2D eigenvalue weighted by atomic mass is 35.5. The first kappa shape index (κ1) is 29.3. The molecule has 1 amide bonds. The Morgan fingerprint density at radius 1 is 0.975 bits per heavy atom. The first-order valence-electron chi connectivity index (χ1n) is 14.5. The van der Waals surface area contributed by atoms with Gasteiger partial charge in [-0.2, -0.15) is 4.31 Å². The number of hydrogen-bond acceptors (Lipinski definition) is 5. The molecule has 2 aromatic carbocycles. The molecule has 0 saturated carbocycles. The maximum absolute atomic E-state index is 14.9. The fraction of sp³-hybridized carbons (Fsp3) is 0.567. The van der Waals surface area contributed by atoms with Crippen LogP contribution in [-0.4, -0.2) is 73.0 Å². The van der Waals surface area contributed by atoms with Crippen LogP contribution in [0.25, 0.3) is 0 Å². The normalized spacial score (nSPS) is 26.9. The largest absolute Gasteiger partial charge is 0.448 e. The maximum Gasteiger partial charge on any atom is 0.410 e. The van der Waals surface area contributed by atoms with Gasteiger partial charge in [-0.25, -0.2) is 17.6 Å². The number of piperidine rings is 3. The molecule has 0 aromatic heterocycles. The zero-order valence-electron chi connectivity index (χ0n) is 23.1. The molecule has 218 valence electrons. The predicted octanol–water partition coefficient (Wildman–Crippen LogP) is 6.24. The Morgan fingerprint density at radius 2 is 1.70 bits per heavy atom. The van der Waals surface area contributed by atoms with E-state index in [0.717, 1.165) is 25.9 Å². The van der Waals surface area contributed by atoms with Crippen molar-refractivity contribution in [1.29, 1.82) is 0 Å². The number of benzene rings is 2. The first-order chi connectivity index (χ1) is 19.3. The average molecular weight is 592 g/mol. The number of hydrogen-bond donors (Lipinski definition) is 0. The lowest BCUT2D eigenvalue weighted by molar-refractivity contribution is 0.0280. The van der Waals surface area contributed by atoms with E-state index in [9.17, 15) is 17.6 Å². The summed E-state index contributed by atoms with van der Waals surface area (Å²) < 4.78 is 50.1. The summed E-state index contributed by atoms with van der Waals surface area (Å²) in [6.45, 7) is 4.85. The summed E-state index contributed by atoms with van der Waals surface area (Å²) in [6.07, 6.45) is 6.84. The summed E-state index contributed by atoms with van der Waals surface area (Å²) in [5.74, 6) is -0.452. The van der Waals surface area contributed by atoms with E-state index in [1.807, 2.05) is 0 Å². The molecule has 4 atom stereocenters. The second-order valence-electron chi connectivity index (χ2n) is 11.3. The molecule has 40 heavy (non-hydrogen) atoms. The molecule has 3 aliphatic rings. The average Bonchev–Trinajstić information content (AvgIpc) is 2.96. The molecule has 7 nitrogen and oxygen atoms in total. The number of rotatable bonds is 6. The Bertz CT molecular complexity index is 1270. The van der Waals surface area contributed by atoms with Crippen molar-refractivity contribution in [3.8, 4) is 0 Å². The van der Waals surface area contributed by atoms with E-state index >= 15 is 0 Å². The van der Waals surface area contributed by atoms with E-state index in [4.69, 9.17) is 16.3 Å². The summed E-state index contributed by atoms with van der Waals surface area (Å²) in [4.78, 5) is 17.7. The lowest BCUT2D eigenvalue weighted by Crippen LogP contribution is -2.53. The van der Waals surface area contributed by atoms with Crippen molar-refractivity contribution in [1.82, 2.24) is 14.1 Å². The topological polar surface area (TPSA) is 70.2 Å². The number of amides is 1. The van der Waals surface area contributed by atoms with E-state index in [-0.39, 0.29) is 17.5 Å². The van der Waals surface area contributed by atoms with E-state index in [0.29, 0.717) is 42.4 Å². The lowest BCUT2D eigenvalue weighted by atomic mass is 9.93. The molecule has 0 aliphatic carbocycles. The number of ether oxygens (including phenoxy) is 1. The van der Waals surface area contributed by atoms with Gasteiger partial charge in [0, 0.05) is 29.2 Å². The van der Waals surface area contributed by atoms with E-state index < -0.39 is 34.0 Å². The van der Waals surface area contributed by atoms with Gasteiger partial charge in [-0.1, -0.05) is 36.2 Å². The van der Waals surface area contributed by atoms with Crippen LogP contribution in [0.2, 0.25) is 5.02 Å². The fourth-order valence-corrected chi connectivity index (χ4v) is 8.59. The molecule has 2 aromatic rings. The van der Waals surface area contributed by atoms with Gasteiger partial charge in [0.05, 0.1) is 17.0 Å². The Kier molecular flexibility index (Phi) is 9.35. The van der Waals surface area contributed by atoms with Crippen LogP contribution in [0.5, 0.6) is 0 Å². The van der Waals surface area contributed by atoms with Crippen molar-refractivity contribution < 1.29 is 22.3 Å². The van der Waals surface area contributed by atoms with Crippen molar-refractivity contribution in [2.45, 2.75) is 87.4 Å². The minimum absolute atomic E-state index is 0.0413. The Morgan fingerprint density at radius 3 is 2.40 bits per heavy atom. The van der Waals surface area contributed by atoms with Crippen LogP contribution in [-0.2, 0) is 14.8 Å². The van der Waals surface area contributed by atoms with Gasteiger partial charge < -0.3 is 14.5 Å². The highest BCUT2D eigenvalue weighted by Gasteiger charge is 2.42. The molecule has 0 radical (unpaired) electrons. The highest BCUT2D eigenvalue weighted by Crippen LogP contribution is 2.40. The van der Waals surface area contributed by atoms with Crippen LogP contribution >= 0.6 is 11.6 Å². The van der Waals surface area contributed by atoms with Crippen LogP contribution in [0.3, 0.4) is 0 Å². The first-order valence-corrected chi connectivity index (χ1v) is 16.3. The molecule has 3 fully saturated rings. The van der Waals surface area contributed by atoms with E-state index in [1.165, 1.54) is 53.9 Å². The van der Waals surface area contributed by atoms with Gasteiger partial charge >= 0.3 is 6.09 Å². The number of likely N-dealkylation sites (tertiary alicyclic amines) is 2. The molecule has 0 N–H and O–H groups in total. The monoisotopic (exact) mass is 591 g/mol. The van der Waals surface area contributed by atoms with E-state index in [1.54, 1.807) is 23.1 Å². The van der Waals surface area contributed by atoms with Crippen molar-refractivity contribution >= 4 is 27.7 Å². The number of sulfonamides is 1. The zero-order chi connectivity index (χ0) is 28.3. The summed E-state index contributed by atoms with van der Waals surface area (Å²) in [5.41, 5.74) is 0.324. The molecule has 3 heterocycles. The van der Waals surface area contributed by atoms with Gasteiger partial charge in [0.2, 0.25) is 10.0 Å². The Hall–Kier alpha value is -2.20. The number of nitrogens with zero attached hydrogens (tertiary/aromatic N) is 3. The summed E-state index contributed by atoms with van der Waals surface area (Å²) in [7, 11) is -4.05. The van der Waals surface area contributed by atoms with Crippen molar-refractivity contribution in [2.75, 3.05) is 26.2 Å². The van der Waals surface area contributed by atoms with Gasteiger partial charge in [-0.15, -0.1) is 0 Å².